The van der Waals surface area contributed by atoms with E-state index >= 15 is 0 Å². The molecule has 0 amide bonds. The molecule has 8 nitrogen and oxygen atoms in total. The number of benzene rings is 1. The summed E-state index contributed by atoms with van der Waals surface area (Å²) >= 11 is 0. The number of aromatic nitrogens is 3. The summed E-state index contributed by atoms with van der Waals surface area (Å²) in [5.41, 5.74) is 1.92. The molecule has 0 unspecified atom stereocenters. The van der Waals surface area contributed by atoms with Crippen molar-refractivity contribution in [3.63, 3.8) is 0 Å². The maximum absolute atomic E-state index is 5.64. The molecule has 0 saturated carbocycles. The van der Waals surface area contributed by atoms with Gasteiger partial charge in [-0.2, -0.15) is 0 Å². The highest BCUT2D eigenvalue weighted by atomic mass is 16.5. The molecule has 0 bridgehead atoms. The van der Waals surface area contributed by atoms with Gasteiger partial charge >= 0.3 is 0 Å². The topological polar surface area (TPSA) is 85.1 Å². The van der Waals surface area contributed by atoms with E-state index in [2.05, 4.69) is 25.8 Å². The van der Waals surface area contributed by atoms with Crippen molar-refractivity contribution in [3.05, 3.63) is 60.0 Å². The SMILES string of the molecule is CN=C(NCc1cccc(OCCOC)c1)NCc1nnc2ccccn12. The number of methoxy groups -OCH3 is 1. The van der Waals surface area contributed by atoms with Crippen molar-refractivity contribution < 1.29 is 9.47 Å². The third-order valence-corrected chi connectivity index (χ3v) is 3.94. The lowest BCUT2D eigenvalue weighted by Gasteiger charge is -2.12. The van der Waals surface area contributed by atoms with Gasteiger partial charge in [0.15, 0.2) is 17.4 Å². The largest absolute Gasteiger partial charge is 0.491 e. The maximum Gasteiger partial charge on any atom is 0.191 e. The average molecular weight is 368 g/mol. The van der Waals surface area contributed by atoms with Crippen LogP contribution in [0, 0.1) is 0 Å². The lowest BCUT2D eigenvalue weighted by Crippen LogP contribution is -2.36. The van der Waals surface area contributed by atoms with Gasteiger partial charge in [-0.1, -0.05) is 18.2 Å². The molecule has 0 radical (unpaired) electrons. The average Bonchev–Trinajstić information content (AvgIpc) is 3.12. The van der Waals surface area contributed by atoms with Crippen molar-refractivity contribution in [2.45, 2.75) is 13.1 Å². The van der Waals surface area contributed by atoms with Crippen LogP contribution >= 0.6 is 0 Å². The number of hydrogen-bond acceptors (Lipinski definition) is 5. The Balaban J connectivity index is 1.53. The number of hydrogen-bond donors (Lipinski definition) is 2. The Morgan fingerprint density at radius 1 is 1.07 bits per heavy atom. The van der Waals surface area contributed by atoms with E-state index < -0.39 is 0 Å². The molecule has 0 atom stereocenters. The molecule has 8 heteroatoms. The standard InChI is InChI=1S/C19H24N6O2/c1-20-19(22-14-18-24-23-17-8-3-4-9-25(17)18)21-13-15-6-5-7-16(12-15)27-11-10-26-2/h3-9,12H,10-11,13-14H2,1-2H3,(H2,20,21,22). The lowest BCUT2D eigenvalue weighted by atomic mass is 10.2. The fourth-order valence-electron chi connectivity index (χ4n) is 2.57. The second-order valence-electron chi connectivity index (χ2n) is 5.81. The highest BCUT2D eigenvalue weighted by Crippen LogP contribution is 2.13. The van der Waals surface area contributed by atoms with Crippen LogP contribution in [0.1, 0.15) is 11.4 Å². The van der Waals surface area contributed by atoms with Crippen LogP contribution in [0.2, 0.25) is 0 Å². The van der Waals surface area contributed by atoms with Crippen molar-refractivity contribution in [3.8, 4) is 5.75 Å². The first-order valence-electron chi connectivity index (χ1n) is 8.74. The van der Waals surface area contributed by atoms with E-state index in [0.717, 1.165) is 22.8 Å². The molecule has 2 N–H and O–H groups in total. The zero-order valence-corrected chi connectivity index (χ0v) is 15.6. The molecule has 2 heterocycles. The van der Waals surface area contributed by atoms with E-state index in [1.54, 1.807) is 14.2 Å². The fraction of sp³-hybridized carbons (Fsp3) is 0.316. The van der Waals surface area contributed by atoms with Crippen LogP contribution in [0.5, 0.6) is 5.75 Å². The Morgan fingerprint density at radius 2 is 1.96 bits per heavy atom. The van der Waals surface area contributed by atoms with Gasteiger partial charge in [0.2, 0.25) is 0 Å². The van der Waals surface area contributed by atoms with Crippen LogP contribution in [0.4, 0.5) is 0 Å². The summed E-state index contributed by atoms with van der Waals surface area (Å²) in [4.78, 5) is 4.25. The first kappa shape index (κ1) is 18.7. The first-order chi connectivity index (χ1) is 13.3. The molecule has 142 valence electrons. The third kappa shape index (κ3) is 5.18. The Morgan fingerprint density at radius 3 is 2.81 bits per heavy atom. The van der Waals surface area contributed by atoms with Crippen molar-refractivity contribution in [1.82, 2.24) is 25.2 Å². The molecule has 0 aliphatic heterocycles. The smallest absolute Gasteiger partial charge is 0.191 e. The minimum Gasteiger partial charge on any atom is -0.491 e. The van der Waals surface area contributed by atoms with Crippen LogP contribution in [-0.2, 0) is 17.8 Å². The molecule has 3 aromatic rings. The minimum absolute atomic E-state index is 0.519. The predicted molar refractivity (Wildman–Crippen MR) is 104 cm³/mol. The van der Waals surface area contributed by atoms with Crippen molar-refractivity contribution >= 4 is 11.6 Å². The maximum atomic E-state index is 5.64. The van der Waals surface area contributed by atoms with Gasteiger partial charge in [0.25, 0.3) is 0 Å². The van der Waals surface area contributed by atoms with Gasteiger partial charge in [-0.15, -0.1) is 10.2 Å². The normalized spacial score (nSPS) is 11.6. The van der Waals surface area contributed by atoms with Gasteiger partial charge in [-0.3, -0.25) is 9.39 Å². The summed E-state index contributed by atoms with van der Waals surface area (Å²) in [5, 5.41) is 14.9. The quantitative estimate of drug-likeness (QED) is 0.357. The first-order valence-corrected chi connectivity index (χ1v) is 8.74. The van der Waals surface area contributed by atoms with Gasteiger partial charge < -0.3 is 20.1 Å². The summed E-state index contributed by atoms with van der Waals surface area (Å²) in [6.45, 7) is 2.24. The van der Waals surface area contributed by atoms with Crippen LogP contribution in [0.25, 0.3) is 5.65 Å². The van der Waals surface area contributed by atoms with Crippen molar-refractivity contribution in [2.24, 2.45) is 4.99 Å². The number of guanidine groups is 1. The van der Waals surface area contributed by atoms with Crippen LogP contribution < -0.4 is 15.4 Å². The highest BCUT2D eigenvalue weighted by Gasteiger charge is 2.06. The summed E-state index contributed by atoms with van der Waals surface area (Å²) in [7, 11) is 3.40. The summed E-state index contributed by atoms with van der Waals surface area (Å²) in [6.07, 6.45) is 1.94. The molecule has 0 spiro atoms. The van der Waals surface area contributed by atoms with E-state index in [-0.39, 0.29) is 0 Å². The zero-order valence-electron chi connectivity index (χ0n) is 15.6. The Bertz CT molecular complexity index is 893. The number of pyridine rings is 1. The van der Waals surface area contributed by atoms with Gasteiger partial charge in [0.05, 0.1) is 13.2 Å². The van der Waals surface area contributed by atoms with Crippen LogP contribution in [0.3, 0.4) is 0 Å². The number of nitrogens with zero attached hydrogens (tertiary/aromatic N) is 4. The van der Waals surface area contributed by atoms with E-state index in [4.69, 9.17) is 9.47 Å². The van der Waals surface area contributed by atoms with E-state index in [1.807, 2.05) is 53.1 Å². The summed E-state index contributed by atoms with van der Waals surface area (Å²) in [5.74, 6) is 2.33. The van der Waals surface area contributed by atoms with Gasteiger partial charge in [-0.25, -0.2) is 0 Å². The minimum atomic E-state index is 0.519. The predicted octanol–water partition coefficient (Wildman–Crippen LogP) is 1.62. The number of nitrogens with one attached hydrogen (secondary N) is 2. The summed E-state index contributed by atoms with van der Waals surface area (Å²) < 4.78 is 12.6. The molecule has 27 heavy (non-hydrogen) atoms. The van der Waals surface area contributed by atoms with E-state index in [1.165, 1.54) is 0 Å². The number of rotatable bonds is 8. The lowest BCUT2D eigenvalue weighted by molar-refractivity contribution is 0.146. The summed E-state index contributed by atoms with van der Waals surface area (Å²) in [6, 6.07) is 13.8. The van der Waals surface area contributed by atoms with Crippen molar-refractivity contribution in [2.75, 3.05) is 27.4 Å². The zero-order chi connectivity index (χ0) is 18.9. The Kier molecular flexibility index (Phi) is 6.59. The highest BCUT2D eigenvalue weighted by molar-refractivity contribution is 5.79. The molecule has 1 aromatic carbocycles. The number of aliphatic imine (C=N–C) groups is 1. The Labute approximate surface area is 158 Å². The van der Waals surface area contributed by atoms with Gasteiger partial charge in [0, 0.05) is 26.9 Å². The van der Waals surface area contributed by atoms with Crippen LogP contribution in [-0.4, -0.2) is 47.9 Å². The molecule has 0 aliphatic rings. The van der Waals surface area contributed by atoms with E-state index in [0.29, 0.717) is 32.3 Å². The molecule has 3 rings (SSSR count). The molecular formula is C19H24N6O2. The van der Waals surface area contributed by atoms with Gasteiger partial charge in [0.1, 0.15) is 12.4 Å². The molecular weight excluding hydrogens is 344 g/mol. The van der Waals surface area contributed by atoms with Gasteiger partial charge in [-0.05, 0) is 29.8 Å². The van der Waals surface area contributed by atoms with E-state index in [9.17, 15) is 0 Å². The third-order valence-electron chi connectivity index (χ3n) is 3.94. The monoisotopic (exact) mass is 368 g/mol. The molecule has 0 saturated heterocycles. The van der Waals surface area contributed by atoms with Crippen molar-refractivity contribution in [1.29, 1.82) is 0 Å². The molecule has 2 aromatic heterocycles. The fourth-order valence-corrected chi connectivity index (χ4v) is 2.57. The number of fused-ring (bicyclic) bond motifs is 1. The molecule has 0 aliphatic carbocycles. The number of ether oxygens (including phenoxy) is 2. The van der Waals surface area contributed by atoms with Crippen LogP contribution in [0.15, 0.2) is 53.7 Å². The molecule has 0 fully saturated rings. The second-order valence-corrected chi connectivity index (χ2v) is 5.81. The second kappa shape index (κ2) is 9.54. The Hall–Kier alpha value is -3.13.